The van der Waals surface area contributed by atoms with E-state index in [0.717, 1.165) is 39.4 Å². The highest BCUT2D eigenvalue weighted by molar-refractivity contribution is 4.58. The summed E-state index contributed by atoms with van der Waals surface area (Å²) in [4.78, 5) is 2.46. The molecule has 0 saturated carbocycles. The Bertz CT molecular complexity index is 107. The molecular weight excluding hydrogens is 164 g/mol. The second-order valence-electron chi connectivity index (χ2n) is 3.50. The van der Waals surface area contributed by atoms with Gasteiger partial charge in [-0.2, -0.15) is 0 Å². The molecule has 0 bridgehead atoms. The highest BCUT2D eigenvalue weighted by Gasteiger charge is 2.02. The first-order valence-corrected chi connectivity index (χ1v) is 5.44. The first-order chi connectivity index (χ1) is 6.43. The smallest absolute Gasteiger partial charge is 0.0594 e. The normalized spacial score (nSPS) is 23.8. The lowest BCUT2D eigenvalue weighted by molar-refractivity contribution is 0.109. The van der Waals surface area contributed by atoms with Crippen molar-refractivity contribution in [3.05, 3.63) is 0 Å². The molecule has 1 aliphatic heterocycles. The zero-order valence-electron chi connectivity index (χ0n) is 8.72. The third-order valence-corrected chi connectivity index (χ3v) is 2.50. The zero-order chi connectivity index (χ0) is 9.36. The third kappa shape index (κ3) is 5.24. The second-order valence-corrected chi connectivity index (χ2v) is 3.50. The predicted molar refractivity (Wildman–Crippen MR) is 55.0 cm³/mol. The van der Waals surface area contributed by atoms with E-state index in [1.54, 1.807) is 0 Å². The summed E-state index contributed by atoms with van der Waals surface area (Å²) < 4.78 is 5.49. The summed E-state index contributed by atoms with van der Waals surface area (Å²) in [5.74, 6) is 0. The summed E-state index contributed by atoms with van der Waals surface area (Å²) in [6, 6.07) is 0. The topological polar surface area (TPSA) is 24.5 Å². The molecule has 1 rings (SSSR count). The monoisotopic (exact) mass is 186 g/mol. The molecule has 0 unspecified atom stereocenters. The van der Waals surface area contributed by atoms with Crippen LogP contribution in [0, 0.1) is 0 Å². The SMILES string of the molecule is CCN1CCCCNCCOCC1. The molecule has 1 saturated heterocycles. The summed E-state index contributed by atoms with van der Waals surface area (Å²) in [7, 11) is 0. The van der Waals surface area contributed by atoms with Gasteiger partial charge in [0.05, 0.1) is 13.2 Å². The minimum atomic E-state index is 0.859. The fourth-order valence-electron chi connectivity index (χ4n) is 1.58. The number of rotatable bonds is 1. The second kappa shape index (κ2) is 7.30. The van der Waals surface area contributed by atoms with Crippen molar-refractivity contribution in [3.63, 3.8) is 0 Å². The Kier molecular flexibility index (Phi) is 6.15. The average Bonchev–Trinajstić information content (AvgIpc) is 2.22. The van der Waals surface area contributed by atoms with Crippen LogP contribution in [0.1, 0.15) is 19.8 Å². The fourth-order valence-corrected chi connectivity index (χ4v) is 1.58. The van der Waals surface area contributed by atoms with E-state index in [4.69, 9.17) is 4.74 Å². The molecule has 0 amide bonds. The van der Waals surface area contributed by atoms with E-state index in [9.17, 15) is 0 Å². The van der Waals surface area contributed by atoms with Gasteiger partial charge in [0.15, 0.2) is 0 Å². The van der Waals surface area contributed by atoms with Crippen LogP contribution in [-0.4, -0.2) is 50.8 Å². The zero-order valence-corrected chi connectivity index (χ0v) is 8.72. The summed E-state index contributed by atoms with van der Waals surface area (Å²) >= 11 is 0. The van der Waals surface area contributed by atoms with Gasteiger partial charge in [-0.1, -0.05) is 6.92 Å². The Morgan fingerprint density at radius 3 is 2.92 bits per heavy atom. The Hall–Kier alpha value is -0.120. The molecule has 0 aromatic rings. The van der Waals surface area contributed by atoms with Crippen molar-refractivity contribution in [1.29, 1.82) is 0 Å². The van der Waals surface area contributed by atoms with Gasteiger partial charge in [-0.25, -0.2) is 0 Å². The lowest BCUT2D eigenvalue weighted by Crippen LogP contribution is -2.28. The largest absolute Gasteiger partial charge is 0.379 e. The standard InChI is InChI=1S/C10H22N2O/c1-2-12-7-4-3-5-11-6-9-13-10-8-12/h11H,2-10H2,1H3. The van der Waals surface area contributed by atoms with Crippen molar-refractivity contribution >= 4 is 0 Å². The summed E-state index contributed by atoms with van der Waals surface area (Å²) in [6.45, 7) is 9.58. The van der Waals surface area contributed by atoms with Gasteiger partial charge in [-0.05, 0) is 32.5 Å². The third-order valence-electron chi connectivity index (χ3n) is 2.50. The maximum absolute atomic E-state index is 5.49. The van der Waals surface area contributed by atoms with E-state index < -0.39 is 0 Å². The average molecular weight is 186 g/mol. The van der Waals surface area contributed by atoms with Crippen LogP contribution in [0.3, 0.4) is 0 Å². The van der Waals surface area contributed by atoms with Gasteiger partial charge in [0.2, 0.25) is 0 Å². The molecule has 0 aromatic heterocycles. The van der Waals surface area contributed by atoms with Gasteiger partial charge in [-0.3, -0.25) is 0 Å². The Morgan fingerprint density at radius 2 is 2.08 bits per heavy atom. The quantitative estimate of drug-likeness (QED) is 0.652. The first-order valence-electron chi connectivity index (χ1n) is 5.44. The van der Waals surface area contributed by atoms with Gasteiger partial charge in [-0.15, -0.1) is 0 Å². The van der Waals surface area contributed by atoms with Crippen LogP contribution >= 0.6 is 0 Å². The molecular formula is C10H22N2O. The molecule has 78 valence electrons. The lowest BCUT2D eigenvalue weighted by atomic mass is 10.3. The van der Waals surface area contributed by atoms with Gasteiger partial charge in [0, 0.05) is 13.1 Å². The van der Waals surface area contributed by atoms with E-state index in [1.807, 2.05) is 0 Å². The number of nitrogens with zero attached hydrogens (tertiary/aromatic N) is 1. The van der Waals surface area contributed by atoms with E-state index in [0.29, 0.717) is 0 Å². The van der Waals surface area contributed by atoms with Gasteiger partial charge in [0.1, 0.15) is 0 Å². The molecule has 0 atom stereocenters. The van der Waals surface area contributed by atoms with Crippen LogP contribution in [-0.2, 0) is 4.74 Å². The molecule has 0 aromatic carbocycles. The van der Waals surface area contributed by atoms with Crippen molar-refractivity contribution in [1.82, 2.24) is 10.2 Å². The van der Waals surface area contributed by atoms with Crippen molar-refractivity contribution in [2.75, 3.05) is 45.9 Å². The van der Waals surface area contributed by atoms with E-state index in [1.165, 1.54) is 19.4 Å². The molecule has 3 nitrogen and oxygen atoms in total. The maximum Gasteiger partial charge on any atom is 0.0594 e. The number of likely N-dealkylation sites (N-methyl/N-ethyl adjacent to an activating group) is 1. The van der Waals surface area contributed by atoms with Crippen molar-refractivity contribution in [2.24, 2.45) is 0 Å². The predicted octanol–water partition coefficient (Wildman–Crippen LogP) is 0.708. The number of hydrogen-bond acceptors (Lipinski definition) is 3. The summed E-state index contributed by atoms with van der Waals surface area (Å²) in [6.07, 6.45) is 2.59. The molecule has 1 N–H and O–H groups in total. The number of nitrogens with one attached hydrogen (secondary N) is 1. The van der Waals surface area contributed by atoms with E-state index >= 15 is 0 Å². The van der Waals surface area contributed by atoms with Crippen molar-refractivity contribution in [2.45, 2.75) is 19.8 Å². The van der Waals surface area contributed by atoms with Gasteiger partial charge < -0.3 is 15.0 Å². The van der Waals surface area contributed by atoms with E-state index in [2.05, 4.69) is 17.1 Å². The molecule has 0 radical (unpaired) electrons. The van der Waals surface area contributed by atoms with Crippen LogP contribution in [0.4, 0.5) is 0 Å². The summed E-state index contributed by atoms with van der Waals surface area (Å²) in [5.41, 5.74) is 0. The number of ether oxygens (including phenoxy) is 1. The van der Waals surface area contributed by atoms with Crippen molar-refractivity contribution < 1.29 is 4.74 Å². The van der Waals surface area contributed by atoms with Crippen LogP contribution in [0.5, 0.6) is 0 Å². The minimum Gasteiger partial charge on any atom is -0.379 e. The lowest BCUT2D eigenvalue weighted by Gasteiger charge is -2.19. The maximum atomic E-state index is 5.49. The first kappa shape index (κ1) is 11.0. The minimum absolute atomic E-state index is 0.859. The highest BCUT2D eigenvalue weighted by Crippen LogP contribution is 1.95. The summed E-state index contributed by atoms with van der Waals surface area (Å²) in [5, 5.41) is 3.37. The molecule has 0 aliphatic carbocycles. The Labute approximate surface area is 81.4 Å². The molecule has 3 heteroatoms. The van der Waals surface area contributed by atoms with Gasteiger partial charge in [0.25, 0.3) is 0 Å². The van der Waals surface area contributed by atoms with Crippen LogP contribution in [0.15, 0.2) is 0 Å². The van der Waals surface area contributed by atoms with Crippen LogP contribution in [0.25, 0.3) is 0 Å². The van der Waals surface area contributed by atoms with Gasteiger partial charge >= 0.3 is 0 Å². The van der Waals surface area contributed by atoms with Crippen molar-refractivity contribution in [3.8, 4) is 0 Å². The fraction of sp³-hybridized carbons (Fsp3) is 1.00. The number of hydrogen-bond donors (Lipinski definition) is 1. The molecule has 1 aliphatic rings. The molecule has 0 spiro atoms. The molecule has 13 heavy (non-hydrogen) atoms. The van der Waals surface area contributed by atoms with Crippen LogP contribution in [0.2, 0.25) is 0 Å². The Balaban J connectivity index is 2.18. The molecule has 1 fully saturated rings. The Morgan fingerprint density at radius 1 is 1.15 bits per heavy atom. The molecule has 1 heterocycles. The highest BCUT2D eigenvalue weighted by atomic mass is 16.5. The van der Waals surface area contributed by atoms with Crippen LogP contribution < -0.4 is 5.32 Å². The van der Waals surface area contributed by atoms with E-state index in [-0.39, 0.29) is 0 Å².